The zero-order chi connectivity index (χ0) is 24.9. The maximum atomic E-state index is 12.9. The Kier molecular flexibility index (Phi) is 10.2. The van der Waals surface area contributed by atoms with Crippen molar-refractivity contribution < 1.29 is 14.3 Å². The monoisotopic (exact) mass is 473 g/mol. The van der Waals surface area contributed by atoms with Gasteiger partial charge in [-0.25, -0.2) is 0 Å². The fourth-order valence-electron chi connectivity index (χ4n) is 3.71. The number of hydrogen-bond donors (Lipinski definition) is 2. The molecule has 0 aliphatic rings. The molecule has 6 heteroatoms. The second-order valence-corrected chi connectivity index (χ2v) is 8.30. The average molecular weight is 474 g/mol. The van der Waals surface area contributed by atoms with E-state index in [0.717, 1.165) is 30.0 Å². The second kappa shape index (κ2) is 13.8. The summed E-state index contributed by atoms with van der Waals surface area (Å²) < 4.78 is 5.79. The molecule has 0 aliphatic carbocycles. The number of rotatable bonds is 13. The molecule has 2 N–H and O–H groups in total. The van der Waals surface area contributed by atoms with E-state index in [4.69, 9.17) is 4.74 Å². The molecule has 3 rings (SSSR count). The topological polar surface area (TPSA) is 70.7 Å². The SMILES string of the molecule is CCCCCCOc1cccc(NC(=O)CNc2ccc(C(=O)N(CC)c3ccccc3)cc2)c1. The van der Waals surface area contributed by atoms with E-state index < -0.39 is 0 Å². The summed E-state index contributed by atoms with van der Waals surface area (Å²) in [6, 6.07) is 24.2. The van der Waals surface area contributed by atoms with Gasteiger partial charge in [0.05, 0.1) is 13.2 Å². The van der Waals surface area contributed by atoms with E-state index in [1.165, 1.54) is 12.8 Å². The number of carbonyl (C=O) groups is 2. The normalized spacial score (nSPS) is 10.5. The van der Waals surface area contributed by atoms with Gasteiger partial charge in [-0.2, -0.15) is 0 Å². The predicted molar refractivity (Wildman–Crippen MR) is 143 cm³/mol. The van der Waals surface area contributed by atoms with Crippen molar-refractivity contribution in [3.63, 3.8) is 0 Å². The lowest BCUT2D eigenvalue weighted by Gasteiger charge is -2.21. The number of hydrogen-bond acceptors (Lipinski definition) is 4. The molecule has 3 aromatic carbocycles. The van der Waals surface area contributed by atoms with Crippen LogP contribution in [-0.2, 0) is 4.79 Å². The summed E-state index contributed by atoms with van der Waals surface area (Å²) in [6.07, 6.45) is 4.61. The van der Waals surface area contributed by atoms with Gasteiger partial charge in [-0.3, -0.25) is 9.59 Å². The minimum absolute atomic E-state index is 0.0598. The van der Waals surface area contributed by atoms with Gasteiger partial charge in [-0.1, -0.05) is 50.5 Å². The van der Waals surface area contributed by atoms with E-state index in [0.29, 0.717) is 24.4 Å². The van der Waals surface area contributed by atoms with E-state index in [9.17, 15) is 9.59 Å². The number of amides is 2. The van der Waals surface area contributed by atoms with Crippen LogP contribution in [0, 0.1) is 0 Å². The molecule has 0 atom stereocenters. The zero-order valence-electron chi connectivity index (χ0n) is 20.6. The number of nitrogens with zero attached hydrogens (tertiary/aromatic N) is 1. The summed E-state index contributed by atoms with van der Waals surface area (Å²) in [5.41, 5.74) is 2.93. The molecule has 0 aliphatic heterocycles. The van der Waals surface area contributed by atoms with Gasteiger partial charge in [0.2, 0.25) is 5.91 Å². The number of anilines is 3. The maximum absolute atomic E-state index is 12.9. The summed E-state index contributed by atoms with van der Waals surface area (Å²) >= 11 is 0. The fraction of sp³-hybridized carbons (Fsp3) is 0.310. The zero-order valence-corrected chi connectivity index (χ0v) is 20.6. The van der Waals surface area contributed by atoms with Crippen LogP contribution in [0.1, 0.15) is 49.9 Å². The Morgan fingerprint density at radius 2 is 1.60 bits per heavy atom. The molecular weight excluding hydrogens is 438 g/mol. The first kappa shape index (κ1) is 25.8. The van der Waals surface area contributed by atoms with Gasteiger partial charge >= 0.3 is 0 Å². The van der Waals surface area contributed by atoms with Crippen molar-refractivity contribution in [2.75, 3.05) is 35.2 Å². The first-order valence-electron chi connectivity index (χ1n) is 12.3. The highest BCUT2D eigenvalue weighted by Crippen LogP contribution is 2.19. The van der Waals surface area contributed by atoms with Gasteiger partial charge in [-0.05, 0) is 61.9 Å². The fourth-order valence-corrected chi connectivity index (χ4v) is 3.71. The number of para-hydroxylation sites is 1. The van der Waals surface area contributed by atoms with Gasteiger partial charge in [0.15, 0.2) is 0 Å². The molecule has 0 fully saturated rings. The average Bonchev–Trinajstić information content (AvgIpc) is 2.89. The predicted octanol–water partition coefficient (Wildman–Crippen LogP) is 6.36. The van der Waals surface area contributed by atoms with Gasteiger partial charge in [0, 0.05) is 35.2 Å². The van der Waals surface area contributed by atoms with E-state index >= 15 is 0 Å². The number of ether oxygens (including phenoxy) is 1. The summed E-state index contributed by atoms with van der Waals surface area (Å²) in [6.45, 7) is 5.51. The Labute approximate surface area is 208 Å². The van der Waals surface area contributed by atoms with Gasteiger partial charge in [0.25, 0.3) is 5.91 Å². The number of unbranched alkanes of at least 4 members (excludes halogenated alkanes) is 3. The minimum atomic E-state index is -0.161. The van der Waals surface area contributed by atoms with Crippen molar-refractivity contribution in [2.45, 2.75) is 39.5 Å². The molecule has 6 nitrogen and oxygen atoms in total. The highest BCUT2D eigenvalue weighted by atomic mass is 16.5. The van der Waals surface area contributed by atoms with Crippen molar-refractivity contribution in [3.05, 3.63) is 84.4 Å². The third-order valence-electron chi connectivity index (χ3n) is 5.60. The van der Waals surface area contributed by atoms with E-state index in [-0.39, 0.29) is 18.4 Å². The molecule has 0 radical (unpaired) electrons. The van der Waals surface area contributed by atoms with Crippen LogP contribution in [0.25, 0.3) is 0 Å². The van der Waals surface area contributed by atoms with Crippen molar-refractivity contribution in [1.82, 2.24) is 0 Å². The molecule has 3 aromatic rings. The third-order valence-corrected chi connectivity index (χ3v) is 5.60. The minimum Gasteiger partial charge on any atom is -0.494 e. The van der Waals surface area contributed by atoms with Crippen molar-refractivity contribution in [1.29, 1.82) is 0 Å². The maximum Gasteiger partial charge on any atom is 0.258 e. The van der Waals surface area contributed by atoms with Crippen LogP contribution in [0.5, 0.6) is 5.75 Å². The Morgan fingerprint density at radius 1 is 0.829 bits per heavy atom. The van der Waals surface area contributed by atoms with Crippen LogP contribution < -0.4 is 20.3 Å². The molecule has 35 heavy (non-hydrogen) atoms. The lowest BCUT2D eigenvalue weighted by Crippen LogP contribution is -2.30. The Balaban J connectivity index is 1.48. The number of nitrogens with one attached hydrogen (secondary N) is 2. The Bertz CT molecular complexity index is 1070. The first-order chi connectivity index (χ1) is 17.1. The van der Waals surface area contributed by atoms with Crippen LogP contribution in [0.2, 0.25) is 0 Å². The van der Waals surface area contributed by atoms with Crippen LogP contribution in [-0.4, -0.2) is 31.5 Å². The van der Waals surface area contributed by atoms with E-state index in [1.54, 1.807) is 17.0 Å². The lowest BCUT2D eigenvalue weighted by atomic mass is 10.1. The Hall–Kier alpha value is -3.80. The molecule has 2 amide bonds. The summed E-state index contributed by atoms with van der Waals surface area (Å²) in [7, 11) is 0. The number of benzene rings is 3. The van der Waals surface area contributed by atoms with Gasteiger partial charge in [-0.15, -0.1) is 0 Å². The highest BCUT2D eigenvalue weighted by molar-refractivity contribution is 6.06. The largest absolute Gasteiger partial charge is 0.494 e. The standard InChI is InChI=1S/C29H35N3O3/c1-3-5-6-10-20-35-27-15-11-12-25(21-27)31-28(33)22-30-24-18-16-23(17-19-24)29(34)32(4-2)26-13-8-7-9-14-26/h7-9,11-19,21,30H,3-6,10,20,22H2,1-2H3,(H,31,33). The summed E-state index contributed by atoms with van der Waals surface area (Å²) in [5, 5.41) is 6.00. The Morgan fingerprint density at radius 3 is 2.31 bits per heavy atom. The molecule has 0 unspecified atom stereocenters. The second-order valence-electron chi connectivity index (χ2n) is 8.30. The quantitative estimate of drug-likeness (QED) is 0.283. The molecule has 0 spiro atoms. The molecular formula is C29H35N3O3. The van der Waals surface area contributed by atoms with Crippen molar-refractivity contribution in [2.24, 2.45) is 0 Å². The molecule has 0 heterocycles. The highest BCUT2D eigenvalue weighted by Gasteiger charge is 2.15. The molecule has 0 aromatic heterocycles. The smallest absolute Gasteiger partial charge is 0.258 e. The lowest BCUT2D eigenvalue weighted by molar-refractivity contribution is -0.114. The van der Waals surface area contributed by atoms with Crippen molar-refractivity contribution in [3.8, 4) is 5.75 Å². The first-order valence-corrected chi connectivity index (χ1v) is 12.3. The van der Waals surface area contributed by atoms with Gasteiger partial charge < -0.3 is 20.3 Å². The molecule has 184 valence electrons. The van der Waals surface area contributed by atoms with Gasteiger partial charge in [0.1, 0.15) is 5.75 Å². The van der Waals surface area contributed by atoms with Crippen LogP contribution in [0.3, 0.4) is 0 Å². The molecule has 0 bridgehead atoms. The summed E-state index contributed by atoms with van der Waals surface area (Å²) in [5.74, 6) is 0.533. The number of carbonyl (C=O) groups excluding carboxylic acids is 2. The van der Waals surface area contributed by atoms with Crippen LogP contribution in [0.4, 0.5) is 17.1 Å². The van der Waals surface area contributed by atoms with Crippen LogP contribution in [0.15, 0.2) is 78.9 Å². The van der Waals surface area contributed by atoms with Crippen LogP contribution >= 0.6 is 0 Å². The molecule has 0 saturated heterocycles. The van der Waals surface area contributed by atoms with Crippen molar-refractivity contribution >= 4 is 28.9 Å². The van der Waals surface area contributed by atoms with E-state index in [1.807, 2.05) is 73.7 Å². The van der Waals surface area contributed by atoms with E-state index in [2.05, 4.69) is 17.6 Å². The third kappa shape index (κ3) is 8.18. The summed E-state index contributed by atoms with van der Waals surface area (Å²) in [4.78, 5) is 27.1. The molecule has 0 saturated carbocycles.